The van der Waals surface area contributed by atoms with Gasteiger partial charge in [0.2, 0.25) is 0 Å². The Morgan fingerprint density at radius 3 is 2.46 bits per heavy atom. The van der Waals surface area contributed by atoms with Gasteiger partial charge >= 0.3 is 6.18 Å². The Kier molecular flexibility index (Phi) is 4.71. The fourth-order valence-electron chi connectivity index (χ4n) is 2.89. The molecule has 7 heteroatoms. The van der Waals surface area contributed by atoms with E-state index in [9.17, 15) is 18.0 Å². The van der Waals surface area contributed by atoms with E-state index in [0.717, 1.165) is 12.1 Å². The van der Waals surface area contributed by atoms with Crippen molar-refractivity contribution in [1.29, 1.82) is 0 Å². The standard InChI is InChI=1S/C19H17F3N2O2/c1-12-10-17(13-4-3-5-14(11-13)19(20,21)22)18(25)24(23-12)15-6-8-16(26-2)9-7-15/h3-9,11,17H,10H2,1-2H3. The molecule has 1 unspecified atom stereocenters. The number of benzene rings is 2. The highest BCUT2D eigenvalue weighted by Gasteiger charge is 2.35. The van der Waals surface area contributed by atoms with Crippen molar-refractivity contribution >= 4 is 17.3 Å². The van der Waals surface area contributed by atoms with Crippen LogP contribution in [-0.2, 0) is 11.0 Å². The molecule has 0 saturated heterocycles. The van der Waals surface area contributed by atoms with Crippen molar-refractivity contribution in [2.45, 2.75) is 25.4 Å². The number of alkyl halides is 3. The summed E-state index contributed by atoms with van der Waals surface area (Å²) in [6.07, 6.45) is -4.17. The quantitative estimate of drug-likeness (QED) is 0.800. The van der Waals surface area contributed by atoms with E-state index in [2.05, 4.69) is 5.10 Å². The molecule has 1 heterocycles. The molecule has 0 spiro atoms. The first-order valence-corrected chi connectivity index (χ1v) is 7.99. The van der Waals surface area contributed by atoms with Crippen LogP contribution in [0.25, 0.3) is 0 Å². The van der Waals surface area contributed by atoms with E-state index < -0.39 is 17.7 Å². The van der Waals surface area contributed by atoms with Crippen molar-refractivity contribution in [1.82, 2.24) is 0 Å². The van der Waals surface area contributed by atoms with Crippen molar-refractivity contribution < 1.29 is 22.7 Å². The van der Waals surface area contributed by atoms with Crippen LogP contribution in [-0.4, -0.2) is 18.7 Å². The van der Waals surface area contributed by atoms with E-state index in [1.807, 2.05) is 0 Å². The zero-order valence-electron chi connectivity index (χ0n) is 14.2. The predicted molar refractivity (Wildman–Crippen MR) is 92.4 cm³/mol. The van der Waals surface area contributed by atoms with E-state index in [1.165, 1.54) is 18.2 Å². The summed E-state index contributed by atoms with van der Waals surface area (Å²) in [5, 5.41) is 5.51. The summed E-state index contributed by atoms with van der Waals surface area (Å²) in [5.74, 6) is -0.440. The van der Waals surface area contributed by atoms with Gasteiger partial charge in [-0.05, 0) is 42.8 Å². The van der Waals surface area contributed by atoms with Gasteiger partial charge in [0.05, 0.1) is 24.3 Å². The van der Waals surface area contributed by atoms with Crippen molar-refractivity contribution in [3.8, 4) is 5.75 Å². The highest BCUT2D eigenvalue weighted by Crippen LogP contribution is 2.35. The predicted octanol–water partition coefficient (Wildman–Crippen LogP) is 4.61. The van der Waals surface area contributed by atoms with Gasteiger partial charge in [-0.1, -0.05) is 18.2 Å². The summed E-state index contributed by atoms with van der Waals surface area (Å²) in [4.78, 5) is 12.9. The van der Waals surface area contributed by atoms with Crippen LogP contribution in [0.15, 0.2) is 53.6 Å². The van der Waals surface area contributed by atoms with Crippen LogP contribution in [0.3, 0.4) is 0 Å². The lowest BCUT2D eigenvalue weighted by Gasteiger charge is -2.29. The van der Waals surface area contributed by atoms with Crippen molar-refractivity contribution in [3.05, 3.63) is 59.7 Å². The lowest BCUT2D eigenvalue weighted by molar-refractivity contribution is -0.137. The van der Waals surface area contributed by atoms with Gasteiger partial charge in [-0.15, -0.1) is 0 Å². The second kappa shape index (κ2) is 6.82. The number of hydrogen-bond donors (Lipinski definition) is 0. The first kappa shape index (κ1) is 18.0. The van der Waals surface area contributed by atoms with Gasteiger partial charge in [-0.25, -0.2) is 5.01 Å². The Bertz CT molecular complexity index is 845. The molecule has 0 aromatic heterocycles. The molecule has 0 radical (unpaired) electrons. The molecular formula is C19H17F3N2O2. The topological polar surface area (TPSA) is 41.9 Å². The van der Waals surface area contributed by atoms with Gasteiger partial charge in [0.1, 0.15) is 5.75 Å². The first-order chi connectivity index (χ1) is 12.3. The maximum absolute atomic E-state index is 13.0. The molecule has 136 valence electrons. The molecule has 1 aliphatic rings. The number of hydrazone groups is 1. The minimum Gasteiger partial charge on any atom is -0.497 e. The number of hydrogen-bond acceptors (Lipinski definition) is 3. The molecule has 1 atom stereocenters. The Labute approximate surface area is 148 Å². The average Bonchev–Trinajstić information content (AvgIpc) is 2.63. The van der Waals surface area contributed by atoms with Gasteiger partial charge in [-0.2, -0.15) is 18.3 Å². The normalized spacial score (nSPS) is 17.9. The number of carbonyl (C=O) groups excluding carboxylic acids is 1. The minimum atomic E-state index is -4.45. The number of ether oxygens (including phenoxy) is 1. The smallest absolute Gasteiger partial charge is 0.416 e. The first-order valence-electron chi connectivity index (χ1n) is 7.99. The fourth-order valence-corrected chi connectivity index (χ4v) is 2.89. The second-order valence-electron chi connectivity index (χ2n) is 6.06. The third-order valence-electron chi connectivity index (χ3n) is 4.21. The van der Waals surface area contributed by atoms with Crippen molar-refractivity contribution in [2.75, 3.05) is 12.1 Å². The van der Waals surface area contributed by atoms with Crippen LogP contribution in [0.1, 0.15) is 30.4 Å². The molecule has 0 aliphatic carbocycles. The number of carbonyl (C=O) groups is 1. The zero-order valence-corrected chi connectivity index (χ0v) is 14.2. The molecule has 2 aromatic carbocycles. The van der Waals surface area contributed by atoms with Crippen LogP contribution in [0.2, 0.25) is 0 Å². The largest absolute Gasteiger partial charge is 0.497 e. The van der Waals surface area contributed by atoms with Crippen molar-refractivity contribution in [3.63, 3.8) is 0 Å². The number of halogens is 3. The minimum absolute atomic E-state index is 0.285. The fraction of sp³-hybridized carbons (Fsp3) is 0.263. The van der Waals surface area contributed by atoms with Gasteiger partial charge in [0, 0.05) is 12.1 Å². The Balaban J connectivity index is 1.95. The monoisotopic (exact) mass is 362 g/mol. The molecule has 0 bridgehead atoms. The SMILES string of the molecule is COc1ccc(N2N=C(C)CC(c3cccc(C(F)(F)F)c3)C2=O)cc1. The van der Waals surface area contributed by atoms with Crippen LogP contribution >= 0.6 is 0 Å². The van der Waals surface area contributed by atoms with Crippen molar-refractivity contribution in [2.24, 2.45) is 5.10 Å². The molecule has 3 rings (SSSR count). The molecule has 2 aromatic rings. The van der Waals surface area contributed by atoms with Gasteiger partial charge in [-0.3, -0.25) is 4.79 Å². The van der Waals surface area contributed by atoms with E-state index in [0.29, 0.717) is 22.7 Å². The van der Waals surface area contributed by atoms with E-state index in [-0.39, 0.29) is 12.3 Å². The number of nitrogens with zero attached hydrogens (tertiary/aromatic N) is 2. The third-order valence-corrected chi connectivity index (χ3v) is 4.21. The summed E-state index contributed by atoms with van der Waals surface area (Å²) >= 11 is 0. The van der Waals surface area contributed by atoms with E-state index >= 15 is 0 Å². The van der Waals surface area contributed by atoms with E-state index in [4.69, 9.17) is 4.74 Å². The number of methoxy groups -OCH3 is 1. The lowest BCUT2D eigenvalue weighted by Crippen LogP contribution is -2.36. The number of rotatable bonds is 3. The average molecular weight is 362 g/mol. The summed E-state index contributed by atoms with van der Waals surface area (Å²) in [5.41, 5.74) is 0.770. The van der Waals surface area contributed by atoms with Crippen LogP contribution < -0.4 is 9.75 Å². The molecule has 0 fully saturated rings. The molecule has 0 N–H and O–H groups in total. The summed E-state index contributed by atoms with van der Waals surface area (Å²) < 4.78 is 44.1. The second-order valence-corrected chi connectivity index (χ2v) is 6.06. The van der Waals surface area contributed by atoms with Gasteiger partial charge < -0.3 is 4.74 Å². The van der Waals surface area contributed by atoms with Crippen LogP contribution in [0.4, 0.5) is 18.9 Å². The van der Waals surface area contributed by atoms with Crippen LogP contribution in [0.5, 0.6) is 5.75 Å². The molecule has 1 amide bonds. The van der Waals surface area contributed by atoms with Gasteiger partial charge in [0.15, 0.2) is 0 Å². The summed E-state index contributed by atoms with van der Waals surface area (Å²) in [6, 6.07) is 11.7. The summed E-state index contributed by atoms with van der Waals surface area (Å²) in [6.45, 7) is 1.75. The molecular weight excluding hydrogens is 345 g/mol. The van der Waals surface area contributed by atoms with E-state index in [1.54, 1.807) is 37.3 Å². The molecule has 0 saturated carbocycles. The highest BCUT2D eigenvalue weighted by molar-refractivity contribution is 6.05. The maximum Gasteiger partial charge on any atom is 0.416 e. The Hall–Kier alpha value is -2.83. The Morgan fingerprint density at radius 1 is 1.15 bits per heavy atom. The van der Waals surface area contributed by atoms with Crippen LogP contribution in [0, 0.1) is 0 Å². The maximum atomic E-state index is 13.0. The lowest BCUT2D eigenvalue weighted by atomic mass is 9.90. The third kappa shape index (κ3) is 3.56. The molecule has 1 aliphatic heterocycles. The summed E-state index contributed by atoms with van der Waals surface area (Å²) in [7, 11) is 1.53. The zero-order chi connectivity index (χ0) is 18.9. The molecule has 26 heavy (non-hydrogen) atoms. The number of amides is 1. The van der Waals surface area contributed by atoms with Gasteiger partial charge in [0.25, 0.3) is 5.91 Å². The number of anilines is 1. The Morgan fingerprint density at radius 2 is 1.85 bits per heavy atom. The highest BCUT2D eigenvalue weighted by atomic mass is 19.4. The molecule has 4 nitrogen and oxygen atoms in total.